The number of nitrogen functional groups attached to an aromatic ring is 1. The van der Waals surface area contributed by atoms with Crippen LogP contribution in [0.5, 0.6) is 11.6 Å². The molecule has 2 rings (SSSR count). The maximum absolute atomic E-state index is 8.88. The molecule has 0 radical (unpaired) electrons. The van der Waals surface area contributed by atoms with E-state index in [0.717, 1.165) is 5.56 Å². The number of aryl methyl sites for hydroxylation is 1. The van der Waals surface area contributed by atoms with Gasteiger partial charge in [-0.1, -0.05) is 17.7 Å². The lowest BCUT2D eigenvalue weighted by Gasteiger charge is -2.07. The number of anilines is 1. The summed E-state index contributed by atoms with van der Waals surface area (Å²) in [5.41, 5.74) is 7.33. The Morgan fingerprint density at radius 2 is 2.17 bits per heavy atom. The number of ether oxygens (including phenoxy) is 1. The van der Waals surface area contributed by atoms with Crippen LogP contribution in [-0.2, 0) is 0 Å². The summed E-state index contributed by atoms with van der Waals surface area (Å²) in [6.45, 7) is 1.78. The zero-order chi connectivity index (χ0) is 13.1. The number of hydrogen-bond acceptors (Lipinski definition) is 4. The summed E-state index contributed by atoms with van der Waals surface area (Å²) in [4.78, 5) is 4.01. The molecule has 2 N–H and O–H groups in total. The van der Waals surface area contributed by atoms with Crippen LogP contribution >= 0.6 is 11.6 Å². The summed E-state index contributed by atoms with van der Waals surface area (Å²) in [5.74, 6) is 0.907. The molecule has 5 heteroatoms. The molecular formula is C13H10ClN3O. The third kappa shape index (κ3) is 2.53. The molecule has 0 saturated carbocycles. The van der Waals surface area contributed by atoms with Gasteiger partial charge in [-0.25, -0.2) is 0 Å². The number of nitriles is 1. The third-order valence-corrected chi connectivity index (χ3v) is 2.61. The van der Waals surface area contributed by atoms with E-state index in [0.29, 0.717) is 22.9 Å². The Kier molecular flexibility index (Phi) is 3.35. The maximum Gasteiger partial charge on any atom is 0.220 e. The van der Waals surface area contributed by atoms with E-state index in [9.17, 15) is 0 Å². The first-order chi connectivity index (χ1) is 8.60. The minimum Gasteiger partial charge on any atom is -0.439 e. The largest absolute Gasteiger partial charge is 0.439 e. The molecule has 0 unspecified atom stereocenters. The lowest BCUT2D eigenvalue weighted by Crippen LogP contribution is -1.94. The van der Waals surface area contributed by atoms with Gasteiger partial charge in [-0.2, -0.15) is 10.2 Å². The van der Waals surface area contributed by atoms with Crippen molar-refractivity contribution in [3.63, 3.8) is 0 Å². The molecular weight excluding hydrogens is 250 g/mol. The highest BCUT2D eigenvalue weighted by Gasteiger charge is 2.09. The zero-order valence-electron chi connectivity index (χ0n) is 9.64. The summed E-state index contributed by atoms with van der Waals surface area (Å²) in [5, 5.41) is 9.02. The first-order valence-electron chi connectivity index (χ1n) is 5.21. The molecule has 0 bridgehead atoms. The number of aromatic nitrogens is 1. The van der Waals surface area contributed by atoms with Crippen molar-refractivity contribution >= 4 is 17.3 Å². The van der Waals surface area contributed by atoms with Gasteiger partial charge < -0.3 is 10.5 Å². The summed E-state index contributed by atoms with van der Waals surface area (Å²) in [6, 6.07) is 10.6. The van der Waals surface area contributed by atoms with Crippen LogP contribution in [0.1, 0.15) is 11.1 Å². The lowest BCUT2D eigenvalue weighted by atomic mass is 10.2. The van der Waals surface area contributed by atoms with Gasteiger partial charge in [0.15, 0.2) is 5.15 Å². The fraction of sp³-hybridized carbons (Fsp3) is 0.0769. The Bertz CT molecular complexity index is 611. The zero-order valence-corrected chi connectivity index (χ0v) is 10.4. The highest BCUT2D eigenvalue weighted by atomic mass is 35.5. The molecule has 90 valence electrons. The number of nitrogens with zero attached hydrogens (tertiary/aromatic N) is 2. The van der Waals surface area contributed by atoms with E-state index in [1.807, 2.05) is 6.07 Å². The minimum atomic E-state index is 0.136. The van der Waals surface area contributed by atoms with Crippen LogP contribution in [-0.4, -0.2) is 4.98 Å². The van der Waals surface area contributed by atoms with Crippen LogP contribution in [0.2, 0.25) is 5.15 Å². The Hall–Kier alpha value is -2.25. The molecule has 1 aromatic carbocycles. The summed E-state index contributed by atoms with van der Waals surface area (Å²) >= 11 is 5.89. The molecule has 1 aromatic heterocycles. The first-order valence-corrected chi connectivity index (χ1v) is 5.58. The number of benzene rings is 1. The van der Waals surface area contributed by atoms with E-state index >= 15 is 0 Å². The van der Waals surface area contributed by atoms with Crippen LogP contribution in [0.3, 0.4) is 0 Å². The molecule has 4 nitrogen and oxygen atoms in total. The van der Waals surface area contributed by atoms with E-state index in [1.165, 1.54) is 0 Å². The van der Waals surface area contributed by atoms with Crippen LogP contribution in [0.25, 0.3) is 0 Å². The van der Waals surface area contributed by atoms with Gasteiger partial charge in [-0.3, -0.25) is 0 Å². The van der Waals surface area contributed by atoms with Crippen LogP contribution in [0, 0.1) is 18.3 Å². The molecule has 0 fully saturated rings. The maximum atomic E-state index is 8.88. The highest BCUT2D eigenvalue weighted by Crippen LogP contribution is 2.26. The van der Waals surface area contributed by atoms with E-state index in [-0.39, 0.29) is 5.15 Å². The number of hydrogen-bond donors (Lipinski definition) is 1. The van der Waals surface area contributed by atoms with Gasteiger partial charge in [-0.05, 0) is 24.6 Å². The van der Waals surface area contributed by atoms with E-state index < -0.39 is 0 Å². The molecule has 0 atom stereocenters. The number of halogens is 1. The van der Waals surface area contributed by atoms with Crippen LogP contribution in [0.15, 0.2) is 30.3 Å². The molecule has 18 heavy (non-hydrogen) atoms. The third-order valence-electron chi connectivity index (χ3n) is 2.34. The van der Waals surface area contributed by atoms with E-state index in [4.69, 9.17) is 27.3 Å². The number of rotatable bonds is 2. The van der Waals surface area contributed by atoms with Crippen molar-refractivity contribution < 1.29 is 4.74 Å². The molecule has 0 aliphatic heterocycles. The molecule has 0 aliphatic carbocycles. The van der Waals surface area contributed by atoms with Crippen molar-refractivity contribution in [3.8, 4) is 17.7 Å². The van der Waals surface area contributed by atoms with Crippen molar-refractivity contribution in [1.29, 1.82) is 5.26 Å². The van der Waals surface area contributed by atoms with Crippen molar-refractivity contribution in [2.75, 3.05) is 5.73 Å². The fourth-order valence-corrected chi connectivity index (χ4v) is 1.76. The second-order valence-electron chi connectivity index (χ2n) is 3.73. The molecule has 0 amide bonds. The fourth-order valence-electron chi connectivity index (χ4n) is 1.49. The van der Waals surface area contributed by atoms with Crippen molar-refractivity contribution in [2.45, 2.75) is 6.92 Å². The van der Waals surface area contributed by atoms with E-state index in [2.05, 4.69) is 4.98 Å². The Morgan fingerprint density at radius 1 is 1.39 bits per heavy atom. The van der Waals surface area contributed by atoms with Crippen LogP contribution in [0.4, 0.5) is 5.69 Å². The average molecular weight is 260 g/mol. The Morgan fingerprint density at radius 3 is 2.78 bits per heavy atom. The van der Waals surface area contributed by atoms with Gasteiger partial charge in [0.25, 0.3) is 0 Å². The van der Waals surface area contributed by atoms with Crippen LogP contribution < -0.4 is 10.5 Å². The number of pyridine rings is 1. The molecule has 0 spiro atoms. The second kappa shape index (κ2) is 4.94. The van der Waals surface area contributed by atoms with Gasteiger partial charge in [0.05, 0.1) is 5.56 Å². The first kappa shape index (κ1) is 12.2. The SMILES string of the molecule is Cc1cc(Oc2cccc(N)c2)nc(Cl)c1C#N. The normalized spacial score (nSPS) is 9.83. The predicted octanol–water partition coefficient (Wildman–Crippen LogP) is 3.29. The van der Waals surface area contributed by atoms with Crippen molar-refractivity contribution in [3.05, 3.63) is 46.6 Å². The highest BCUT2D eigenvalue weighted by molar-refractivity contribution is 6.30. The summed E-state index contributed by atoms with van der Waals surface area (Å²) in [7, 11) is 0. The lowest BCUT2D eigenvalue weighted by molar-refractivity contribution is 0.463. The monoisotopic (exact) mass is 259 g/mol. The smallest absolute Gasteiger partial charge is 0.220 e. The van der Waals surface area contributed by atoms with Crippen molar-refractivity contribution in [2.24, 2.45) is 0 Å². The van der Waals surface area contributed by atoms with Gasteiger partial charge >= 0.3 is 0 Å². The average Bonchev–Trinajstić information content (AvgIpc) is 2.28. The molecule has 0 saturated heterocycles. The quantitative estimate of drug-likeness (QED) is 0.663. The summed E-state index contributed by atoms with van der Waals surface area (Å²) < 4.78 is 5.54. The number of nitrogens with two attached hydrogens (primary N) is 1. The minimum absolute atomic E-state index is 0.136. The van der Waals surface area contributed by atoms with Gasteiger partial charge in [0.2, 0.25) is 5.88 Å². The van der Waals surface area contributed by atoms with Gasteiger partial charge in [0, 0.05) is 17.8 Å². The standard InChI is InChI=1S/C13H10ClN3O/c1-8-5-12(17-13(14)11(8)7-15)18-10-4-2-3-9(16)6-10/h2-6H,16H2,1H3. The Balaban J connectivity index is 2.34. The molecule has 1 heterocycles. The topological polar surface area (TPSA) is 71.9 Å². The van der Waals surface area contributed by atoms with E-state index in [1.54, 1.807) is 37.3 Å². The molecule has 0 aliphatic rings. The summed E-state index contributed by atoms with van der Waals surface area (Å²) in [6.07, 6.45) is 0. The Labute approximate surface area is 110 Å². The second-order valence-corrected chi connectivity index (χ2v) is 4.09. The molecule has 2 aromatic rings. The van der Waals surface area contributed by atoms with Crippen molar-refractivity contribution in [1.82, 2.24) is 4.98 Å². The predicted molar refractivity (Wildman–Crippen MR) is 69.6 cm³/mol. The van der Waals surface area contributed by atoms with Gasteiger partial charge in [-0.15, -0.1) is 0 Å². The van der Waals surface area contributed by atoms with Gasteiger partial charge in [0.1, 0.15) is 11.8 Å².